The van der Waals surface area contributed by atoms with Crippen molar-refractivity contribution in [3.63, 3.8) is 0 Å². The van der Waals surface area contributed by atoms with Crippen molar-refractivity contribution in [2.45, 2.75) is 45.6 Å². The third-order valence-corrected chi connectivity index (χ3v) is 3.36. The Morgan fingerprint density at radius 1 is 1.15 bits per heavy atom. The highest BCUT2D eigenvalue weighted by Gasteiger charge is 2.23. The van der Waals surface area contributed by atoms with Gasteiger partial charge < -0.3 is 9.47 Å². The molecule has 0 aromatic heterocycles. The fourth-order valence-electron chi connectivity index (χ4n) is 2.17. The smallest absolute Gasteiger partial charge is 0.342 e. The molecule has 0 unspecified atom stereocenters. The second-order valence-electron chi connectivity index (χ2n) is 5.38. The van der Waals surface area contributed by atoms with Gasteiger partial charge in [0.2, 0.25) is 0 Å². The number of benzene rings is 1. The molecule has 4 nitrogen and oxygen atoms in total. The van der Waals surface area contributed by atoms with Crippen molar-refractivity contribution < 1.29 is 19.1 Å². The van der Waals surface area contributed by atoms with Crippen LogP contribution in [0.3, 0.4) is 0 Å². The molecule has 0 saturated heterocycles. The Labute approximate surface area is 119 Å². The Balaban J connectivity index is 2.10. The summed E-state index contributed by atoms with van der Waals surface area (Å²) < 4.78 is 10.7. The van der Waals surface area contributed by atoms with Gasteiger partial charge in [-0.05, 0) is 37.8 Å². The lowest BCUT2D eigenvalue weighted by molar-refractivity contribution is -0.137. The Kier molecular flexibility index (Phi) is 4.77. The van der Waals surface area contributed by atoms with Crippen molar-refractivity contribution in [1.29, 1.82) is 0 Å². The van der Waals surface area contributed by atoms with Gasteiger partial charge in [0.05, 0.1) is 5.92 Å². The van der Waals surface area contributed by atoms with Crippen LogP contribution in [0.25, 0.3) is 0 Å². The second kappa shape index (κ2) is 6.55. The van der Waals surface area contributed by atoms with E-state index in [0.717, 1.165) is 25.7 Å². The topological polar surface area (TPSA) is 52.6 Å². The zero-order chi connectivity index (χ0) is 14.5. The zero-order valence-corrected chi connectivity index (χ0v) is 11.9. The van der Waals surface area contributed by atoms with Gasteiger partial charge >= 0.3 is 11.9 Å². The molecule has 1 aromatic rings. The number of carbonyl (C=O) groups excluding carboxylic acids is 2. The number of ether oxygens (including phenoxy) is 2. The number of rotatable bonds is 4. The molecule has 0 aliphatic heterocycles. The lowest BCUT2D eigenvalue weighted by Crippen LogP contribution is -2.19. The van der Waals surface area contributed by atoms with E-state index in [0.29, 0.717) is 5.56 Å². The number of hydrogen-bond acceptors (Lipinski definition) is 4. The van der Waals surface area contributed by atoms with Gasteiger partial charge in [0, 0.05) is 0 Å². The Hall–Kier alpha value is -1.84. The first-order valence-electron chi connectivity index (χ1n) is 7.09. The molecule has 0 N–H and O–H groups in total. The summed E-state index contributed by atoms with van der Waals surface area (Å²) in [6.45, 7) is 3.50. The minimum absolute atomic E-state index is 0.00337. The molecule has 0 atom stereocenters. The van der Waals surface area contributed by atoms with E-state index in [1.165, 1.54) is 0 Å². The molecule has 1 aliphatic rings. The average molecular weight is 276 g/mol. The van der Waals surface area contributed by atoms with Gasteiger partial charge in [0.1, 0.15) is 17.4 Å². The van der Waals surface area contributed by atoms with E-state index in [-0.39, 0.29) is 23.7 Å². The number of esters is 2. The lowest BCUT2D eigenvalue weighted by atomic mass is 10.2. The fraction of sp³-hybridized carbons (Fsp3) is 0.500. The van der Waals surface area contributed by atoms with Crippen LogP contribution in [0.5, 0.6) is 5.75 Å². The maximum Gasteiger partial charge on any atom is 0.342 e. The van der Waals surface area contributed by atoms with E-state index in [2.05, 4.69) is 0 Å². The molecule has 1 fully saturated rings. The van der Waals surface area contributed by atoms with Gasteiger partial charge in [-0.2, -0.15) is 0 Å². The largest absolute Gasteiger partial charge is 0.459 e. The molecule has 1 aromatic carbocycles. The minimum atomic E-state index is -0.413. The van der Waals surface area contributed by atoms with Crippen molar-refractivity contribution in [2.24, 2.45) is 5.92 Å². The highest BCUT2D eigenvalue weighted by atomic mass is 16.6. The van der Waals surface area contributed by atoms with Crippen molar-refractivity contribution >= 4 is 11.9 Å². The van der Waals surface area contributed by atoms with Crippen molar-refractivity contribution in [1.82, 2.24) is 0 Å². The van der Waals surface area contributed by atoms with Crippen LogP contribution in [0.4, 0.5) is 0 Å². The summed E-state index contributed by atoms with van der Waals surface area (Å²) in [7, 11) is 0. The standard InChI is InChI=1S/C16H20O4/c1-11(2)15(17)20-14-10-6-5-9-13(14)16(18)19-12-7-3-4-8-12/h5-6,9-12H,3-4,7-8H2,1-2H3. The number of hydrogen-bond donors (Lipinski definition) is 0. The van der Waals surface area contributed by atoms with Crippen molar-refractivity contribution in [3.05, 3.63) is 29.8 Å². The average Bonchev–Trinajstić information content (AvgIpc) is 2.92. The molecule has 0 radical (unpaired) electrons. The van der Waals surface area contributed by atoms with E-state index in [4.69, 9.17) is 9.47 Å². The number of carbonyl (C=O) groups is 2. The van der Waals surface area contributed by atoms with E-state index in [1.807, 2.05) is 0 Å². The predicted molar refractivity (Wildman–Crippen MR) is 74.6 cm³/mol. The van der Waals surface area contributed by atoms with Gasteiger partial charge in [-0.25, -0.2) is 4.79 Å². The molecule has 0 bridgehead atoms. The Bertz CT molecular complexity index is 487. The maximum atomic E-state index is 12.2. The van der Waals surface area contributed by atoms with Crippen molar-refractivity contribution in [3.8, 4) is 5.75 Å². The molecular weight excluding hydrogens is 256 g/mol. The lowest BCUT2D eigenvalue weighted by Gasteiger charge is -2.14. The van der Waals surface area contributed by atoms with Crippen LogP contribution in [-0.4, -0.2) is 18.0 Å². The Morgan fingerprint density at radius 3 is 2.45 bits per heavy atom. The van der Waals surface area contributed by atoms with Crippen LogP contribution in [0.1, 0.15) is 49.9 Å². The SMILES string of the molecule is CC(C)C(=O)Oc1ccccc1C(=O)OC1CCCC1. The third kappa shape index (κ3) is 3.59. The van der Waals surface area contributed by atoms with Crippen LogP contribution in [0.15, 0.2) is 24.3 Å². The van der Waals surface area contributed by atoms with Crippen LogP contribution in [0.2, 0.25) is 0 Å². The molecule has 20 heavy (non-hydrogen) atoms. The van der Waals surface area contributed by atoms with Gasteiger partial charge in [-0.15, -0.1) is 0 Å². The molecule has 0 amide bonds. The summed E-state index contributed by atoms with van der Waals surface area (Å²) in [5.74, 6) is -0.738. The number of para-hydroxylation sites is 1. The third-order valence-electron chi connectivity index (χ3n) is 3.36. The van der Waals surface area contributed by atoms with Gasteiger partial charge in [0.25, 0.3) is 0 Å². The molecule has 1 aliphatic carbocycles. The predicted octanol–water partition coefficient (Wildman–Crippen LogP) is 3.35. The molecule has 108 valence electrons. The first-order valence-corrected chi connectivity index (χ1v) is 7.09. The van der Waals surface area contributed by atoms with Gasteiger partial charge in [0.15, 0.2) is 0 Å². The van der Waals surface area contributed by atoms with Crippen LogP contribution < -0.4 is 4.74 Å². The molecule has 1 saturated carbocycles. The summed E-state index contributed by atoms with van der Waals surface area (Å²) in [5.41, 5.74) is 0.313. The van der Waals surface area contributed by atoms with Gasteiger partial charge in [-0.3, -0.25) is 4.79 Å². The van der Waals surface area contributed by atoms with Gasteiger partial charge in [-0.1, -0.05) is 26.0 Å². The molecule has 4 heteroatoms. The van der Waals surface area contributed by atoms with Crippen LogP contribution in [0, 0.1) is 5.92 Å². The summed E-state index contributed by atoms with van der Waals surface area (Å²) in [6.07, 6.45) is 4.03. The zero-order valence-electron chi connectivity index (χ0n) is 11.9. The fourth-order valence-corrected chi connectivity index (χ4v) is 2.17. The normalized spacial score (nSPS) is 15.3. The molecule has 0 spiro atoms. The molecule has 0 heterocycles. The summed E-state index contributed by atoms with van der Waals surface area (Å²) in [6, 6.07) is 6.71. The maximum absolute atomic E-state index is 12.2. The highest BCUT2D eigenvalue weighted by Crippen LogP contribution is 2.25. The van der Waals surface area contributed by atoms with E-state index in [1.54, 1.807) is 38.1 Å². The minimum Gasteiger partial charge on any atom is -0.459 e. The quantitative estimate of drug-likeness (QED) is 0.625. The van der Waals surface area contributed by atoms with E-state index >= 15 is 0 Å². The highest BCUT2D eigenvalue weighted by molar-refractivity contribution is 5.93. The summed E-state index contributed by atoms with van der Waals surface area (Å²) >= 11 is 0. The molecular formula is C16H20O4. The van der Waals surface area contributed by atoms with E-state index in [9.17, 15) is 9.59 Å². The van der Waals surface area contributed by atoms with Crippen LogP contribution in [-0.2, 0) is 9.53 Å². The van der Waals surface area contributed by atoms with Crippen molar-refractivity contribution in [2.75, 3.05) is 0 Å². The van der Waals surface area contributed by atoms with E-state index < -0.39 is 5.97 Å². The molecule has 2 rings (SSSR count). The first-order chi connectivity index (χ1) is 9.58. The second-order valence-corrected chi connectivity index (χ2v) is 5.38. The first kappa shape index (κ1) is 14.6. The summed E-state index contributed by atoms with van der Waals surface area (Å²) in [5, 5.41) is 0. The monoisotopic (exact) mass is 276 g/mol. The summed E-state index contributed by atoms with van der Waals surface area (Å²) in [4.78, 5) is 23.8. The Morgan fingerprint density at radius 2 is 1.80 bits per heavy atom. The van der Waals surface area contributed by atoms with Crippen LogP contribution >= 0.6 is 0 Å².